The van der Waals surface area contributed by atoms with Crippen molar-refractivity contribution in [2.75, 3.05) is 10.8 Å². The number of aryl methyl sites for hydroxylation is 3. The van der Waals surface area contributed by atoms with Gasteiger partial charge in [0.1, 0.15) is 12.6 Å². The second-order valence-corrected chi connectivity index (χ2v) is 15.2. The Morgan fingerprint density at radius 3 is 2.17 bits per heavy atom. The average Bonchev–Trinajstić information content (AvgIpc) is 3.56. The van der Waals surface area contributed by atoms with Crippen LogP contribution in [0.25, 0.3) is 0 Å². The Morgan fingerprint density at radius 1 is 0.830 bits per heavy atom. The number of amides is 2. The standard InChI is InChI=1S/C38H42BrN3O4S/c1-27-17-20-34(21-18-27)47(45,46)42(35-22-28(2)16-19-29(35)3)26-37(43)41(25-31-12-9-13-32(39)23-31)36(24-30-10-5-4-6-11-30)38(44)40-33-14-7-8-15-33/h4-6,9-13,16-23,33,36H,7-8,14-15,24-26H2,1-3H3,(H,40,44)/t36-/m0/s1. The number of anilines is 1. The van der Waals surface area contributed by atoms with Gasteiger partial charge in [-0.05, 0) is 86.2 Å². The van der Waals surface area contributed by atoms with Crippen LogP contribution in [-0.4, -0.2) is 43.8 Å². The van der Waals surface area contributed by atoms with E-state index in [2.05, 4.69) is 21.2 Å². The zero-order valence-electron chi connectivity index (χ0n) is 27.2. The lowest BCUT2D eigenvalue weighted by Crippen LogP contribution is -2.54. The van der Waals surface area contributed by atoms with Crippen molar-refractivity contribution < 1.29 is 18.0 Å². The van der Waals surface area contributed by atoms with Gasteiger partial charge in [-0.15, -0.1) is 0 Å². The molecule has 0 radical (unpaired) electrons. The Bertz CT molecular complexity index is 1810. The van der Waals surface area contributed by atoms with E-state index < -0.39 is 28.5 Å². The molecular weight excluding hydrogens is 674 g/mol. The molecule has 1 saturated carbocycles. The molecule has 4 aromatic carbocycles. The molecule has 0 saturated heterocycles. The van der Waals surface area contributed by atoms with Gasteiger partial charge >= 0.3 is 0 Å². The first-order chi connectivity index (χ1) is 22.5. The highest BCUT2D eigenvalue weighted by molar-refractivity contribution is 9.10. The maximum absolute atomic E-state index is 14.7. The lowest BCUT2D eigenvalue weighted by atomic mass is 10.0. The SMILES string of the molecule is Cc1ccc(S(=O)(=O)N(CC(=O)N(Cc2cccc(Br)c2)[C@@H](Cc2ccccc2)C(=O)NC2CCCC2)c2cc(C)ccc2C)cc1. The van der Waals surface area contributed by atoms with Gasteiger partial charge in [-0.3, -0.25) is 13.9 Å². The summed E-state index contributed by atoms with van der Waals surface area (Å²) in [6.45, 7) is 5.27. The Morgan fingerprint density at radius 2 is 1.49 bits per heavy atom. The van der Waals surface area contributed by atoms with Crippen LogP contribution in [0.15, 0.2) is 106 Å². The Balaban J connectivity index is 1.59. The summed E-state index contributed by atoms with van der Waals surface area (Å²) in [7, 11) is -4.16. The van der Waals surface area contributed by atoms with Crippen molar-refractivity contribution in [2.45, 2.75) is 76.4 Å². The summed E-state index contributed by atoms with van der Waals surface area (Å²) in [6.07, 6.45) is 4.19. The molecule has 0 unspecified atom stereocenters. The van der Waals surface area contributed by atoms with Crippen LogP contribution in [0.1, 0.15) is 53.5 Å². The smallest absolute Gasteiger partial charge is 0.264 e. The van der Waals surface area contributed by atoms with Crippen LogP contribution in [0.5, 0.6) is 0 Å². The van der Waals surface area contributed by atoms with Crippen molar-refractivity contribution in [1.29, 1.82) is 0 Å². The van der Waals surface area contributed by atoms with E-state index in [9.17, 15) is 18.0 Å². The molecule has 0 aromatic heterocycles. The van der Waals surface area contributed by atoms with Gasteiger partial charge in [0.05, 0.1) is 10.6 Å². The molecule has 47 heavy (non-hydrogen) atoms. The van der Waals surface area contributed by atoms with Crippen LogP contribution in [0, 0.1) is 20.8 Å². The van der Waals surface area contributed by atoms with Crippen molar-refractivity contribution in [3.05, 3.63) is 129 Å². The van der Waals surface area contributed by atoms with Gasteiger partial charge in [-0.2, -0.15) is 0 Å². The van der Waals surface area contributed by atoms with Crippen LogP contribution in [0.2, 0.25) is 0 Å². The quantitative estimate of drug-likeness (QED) is 0.167. The summed E-state index contributed by atoms with van der Waals surface area (Å²) in [5.41, 5.74) is 4.67. The number of carbonyl (C=O) groups excluding carboxylic acids is 2. The fourth-order valence-electron chi connectivity index (χ4n) is 6.09. The van der Waals surface area contributed by atoms with Gasteiger partial charge in [0.2, 0.25) is 11.8 Å². The number of nitrogens with one attached hydrogen (secondary N) is 1. The fraction of sp³-hybridized carbons (Fsp3) is 0.316. The zero-order valence-corrected chi connectivity index (χ0v) is 29.6. The molecular formula is C38H42BrN3O4S. The Labute approximate surface area is 287 Å². The molecule has 1 atom stereocenters. The molecule has 0 aliphatic heterocycles. The van der Waals surface area contributed by atoms with Crippen molar-refractivity contribution in [3.63, 3.8) is 0 Å². The maximum Gasteiger partial charge on any atom is 0.264 e. The lowest BCUT2D eigenvalue weighted by molar-refractivity contribution is -0.140. The number of rotatable bonds is 12. The fourth-order valence-corrected chi connectivity index (χ4v) is 8.01. The number of carbonyl (C=O) groups is 2. The first-order valence-electron chi connectivity index (χ1n) is 16.1. The Kier molecular flexibility index (Phi) is 11.2. The predicted molar refractivity (Wildman–Crippen MR) is 191 cm³/mol. The second kappa shape index (κ2) is 15.3. The molecule has 0 spiro atoms. The largest absolute Gasteiger partial charge is 0.352 e. The average molecular weight is 717 g/mol. The van der Waals surface area contributed by atoms with Crippen LogP contribution in [-0.2, 0) is 32.6 Å². The van der Waals surface area contributed by atoms with E-state index in [4.69, 9.17) is 0 Å². The molecule has 0 heterocycles. The summed E-state index contributed by atoms with van der Waals surface area (Å²) in [5, 5.41) is 3.22. The number of hydrogen-bond acceptors (Lipinski definition) is 4. The molecule has 1 fully saturated rings. The summed E-state index contributed by atoms with van der Waals surface area (Å²) in [6, 6.07) is 28.6. The number of sulfonamides is 1. The Hall–Kier alpha value is -3.95. The van der Waals surface area contributed by atoms with Gasteiger partial charge in [-0.1, -0.05) is 101 Å². The summed E-state index contributed by atoms with van der Waals surface area (Å²) < 4.78 is 30.8. The van der Waals surface area contributed by atoms with Gasteiger partial charge in [0, 0.05) is 23.5 Å². The first kappa shape index (κ1) is 34.4. The first-order valence-corrected chi connectivity index (χ1v) is 18.3. The molecule has 1 aliphatic carbocycles. The van der Waals surface area contributed by atoms with Crippen molar-refractivity contribution in [3.8, 4) is 0 Å². The number of halogens is 1. The second-order valence-electron chi connectivity index (χ2n) is 12.5. The number of benzene rings is 4. The zero-order chi connectivity index (χ0) is 33.6. The van der Waals surface area contributed by atoms with E-state index in [1.54, 1.807) is 35.2 Å². The summed E-state index contributed by atoms with van der Waals surface area (Å²) >= 11 is 3.54. The van der Waals surface area contributed by atoms with Crippen molar-refractivity contribution in [1.82, 2.24) is 10.2 Å². The summed E-state index contributed by atoms with van der Waals surface area (Å²) in [5.74, 6) is -0.701. The van der Waals surface area contributed by atoms with Crippen LogP contribution in [0.4, 0.5) is 5.69 Å². The normalized spacial score (nSPS) is 14.0. The summed E-state index contributed by atoms with van der Waals surface area (Å²) in [4.78, 5) is 30.6. The van der Waals surface area contributed by atoms with Gasteiger partial charge in [0.15, 0.2) is 0 Å². The van der Waals surface area contributed by atoms with E-state index in [0.717, 1.165) is 58.0 Å². The lowest BCUT2D eigenvalue weighted by Gasteiger charge is -2.34. The van der Waals surface area contributed by atoms with Gasteiger partial charge < -0.3 is 10.2 Å². The highest BCUT2D eigenvalue weighted by Crippen LogP contribution is 2.29. The molecule has 0 bridgehead atoms. The minimum absolute atomic E-state index is 0.0527. The van der Waals surface area contributed by atoms with Crippen molar-refractivity contribution in [2.24, 2.45) is 0 Å². The highest BCUT2D eigenvalue weighted by Gasteiger charge is 2.36. The molecule has 1 N–H and O–H groups in total. The molecule has 9 heteroatoms. The van der Waals surface area contributed by atoms with Gasteiger partial charge in [-0.25, -0.2) is 8.42 Å². The highest BCUT2D eigenvalue weighted by atomic mass is 79.9. The molecule has 5 rings (SSSR count). The number of nitrogens with zero attached hydrogens (tertiary/aromatic N) is 2. The van der Waals surface area contributed by atoms with Gasteiger partial charge in [0.25, 0.3) is 10.0 Å². The van der Waals surface area contributed by atoms with E-state index >= 15 is 0 Å². The monoisotopic (exact) mass is 715 g/mol. The van der Waals surface area contributed by atoms with Crippen LogP contribution in [0.3, 0.4) is 0 Å². The predicted octanol–water partition coefficient (Wildman–Crippen LogP) is 7.27. The van der Waals surface area contributed by atoms with Crippen LogP contribution >= 0.6 is 15.9 Å². The van der Waals surface area contributed by atoms with E-state index in [1.165, 1.54) is 4.31 Å². The van der Waals surface area contributed by atoms with E-state index in [1.807, 2.05) is 87.5 Å². The number of hydrogen-bond donors (Lipinski definition) is 1. The third kappa shape index (κ3) is 8.70. The molecule has 1 aliphatic rings. The maximum atomic E-state index is 14.7. The van der Waals surface area contributed by atoms with Crippen molar-refractivity contribution >= 4 is 43.5 Å². The minimum Gasteiger partial charge on any atom is -0.352 e. The molecule has 4 aromatic rings. The third-order valence-corrected chi connectivity index (χ3v) is 11.0. The molecule has 2 amide bonds. The molecule has 7 nitrogen and oxygen atoms in total. The van der Waals surface area contributed by atoms with E-state index in [0.29, 0.717) is 5.69 Å². The minimum atomic E-state index is -4.16. The van der Waals surface area contributed by atoms with Crippen LogP contribution < -0.4 is 9.62 Å². The molecule has 246 valence electrons. The topological polar surface area (TPSA) is 86.8 Å². The third-order valence-electron chi connectivity index (χ3n) is 8.74. The van der Waals surface area contributed by atoms with E-state index in [-0.39, 0.29) is 29.8 Å².